The van der Waals surface area contributed by atoms with Crippen LogP contribution in [-0.4, -0.2) is 34.9 Å². The number of halogens is 1. The largest absolute Gasteiger partial charge is 0.383 e. The standard InChI is InChI=1S/C8H8BrN5O2/c9-6-7(10)11-3-12-8(6)14-1-4(15)13-5(16)2-14/h3H,1-2H2,(H2,10,11,12)(H,13,15,16). The Balaban J connectivity index is 2.33. The molecule has 2 rings (SSSR count). The molecular weight excluding hydrogens is 278 g/mol. The molecule has 1 fully saturated rings. The number of nitrogens with two attached hydrogens (primary N) is 1. The van der Waals surface area contributed by atoms with E-state index in [1.165, 1.54) is 11.2 Å². The van der Waals surface area contributed by atoms with Crippen molar-refractivity contribution in [2.75, 3.05) is 23.7 Å². The molecule has 0 aliphatic carbocycles. The third-order valence-corrected chi connectivity index (χ3v) is 2.81. The topological polar surface area (TPSA) is 101 Å². The lowest BCUT2D eigenvalue weighted by molar-refractivity contribution is -0.130. The van der Waals surface area contributed by atoms with Crippen LogP contribution in [0.4, 0.5) is 11.6 Å². The van der Waals surface area contributed by atoms with Crippen molar-refractivity contribution in [2.24, 2.45) is 0 Å². The van der Waals surface area contributed by atoms with Crippen LogP contribution < -0.4 is 16.0 Å². The lowest BCUT2D eigenvalue weighted by Crippen LogP contribution is -2.51. The van der Waals surface area contributed by atoms with Crippen LogP contribution >= 0.6 is 15.9 Å². The SMILES string of the molecule is Nc1ncnc(N2CC(=O)NC(=O)C2)c1Br. The van der Waals surface area contributed by atoms with E-state index in [0.717, 1.165) is 0 Å². The molecule has 0 bridgehead atoms. The molecule has 8 heteroatoms. The number of nitrogens with zero attached hydrogens (tertiary/aromatic N) is 3. The van der Waals surface area contributed by atoms with E-state index in [4.69, 9.17) is 5.73 Å². The molecule has 3 N–H and O–H groups in total. The Morgan fingerprint density at radius 1 is 1.31 bits per heavy atom. The first-order valence-corrected chi connectivity index (χ1v) is 5.21. The summed E-state index contributed by atoms with van der Waals surface area (Å²) in [6.45, 7) is 0.140. The van der Waals surface area contributed by atoms with E-state index >= 15 is 0 Å². The van der Waals surface area contributed by atoms with Gasteiger partial charge in [0.1, 0.15) is 22.4 Å². The third-order valence-electron chi connectivity index (χ3n) is 2.05. The third kappa shape index (κ3) is 1.96. The number of carbonyl (C=O) groups excluding carboxylic acids is 2. The second kappa shape index (κ2) is 4.05. The zero-order valence-electron chi connectivity index (χ0n) is 8.11. The van der Waals surface area contributed by atoms with Crippen molar-refractivity contribution in [1.29, 1.82) is 0 Å². The Kier molecular flexibility index (Phi) is 2.73. The summed E-state index contributed by atoms with van der Waals surface area (Å²) >= 11 is 3.22. The van der Waals surface area contributed by atoms with Crippen LogP contribution in [0.1, 0.15) is 0 Å². The summed E-state index contributed by atoms with van der Waals surface area (Å²) in [6, 6.07) is 0. The molecular formula is C8H8BrN5O2. The van der Waals surface area contributed by atoms with Crippen molar-refractivity contribution < 1.29 is 9.59 Å². The molecule has 0 aromatic carbocycles. The Morgan fingerprint density at radius 2 is 1.94 bits per heavy atom. The van der Waals surface area contributed by atoms with Crippen LogP contribution in [0.3, 0.4) is 0 Å². The molecule has 0 radical (unpaired) electrons. The number of carbonyl (C=O) groups is 2. The summed E-state index contributed by atoms with van der Waals surface area (Å²) < 4.78 is 0.484. The highest BCUT2D eigenvalue weighted by molar-refractivity contribution is 9.10. The molecule has 0 saturated carbocycles. The monoisotopic (exact) mass is 285 g/mol. The molecule has 2 amide bonds. The van der Waals surface area contributed by atoms with Crippen LogP contribution in [0.5, 0.6) is 0 Å². The number of imide groups is 1. The molecule has 0 spiro atoms. The fraction of sp³-hybridized carbons (Fsp3) is 0.250. The van der Waals surface area contributed by atoms with Crippen LogP contribution in [0.2, 0.25) is 0 Å². The average molecular weight is 286 g/mol. The van der Waals surface area contributed by atoms with Crippen molar-refractivity contribution in [2.45, 2.75) is 0 Å². The van der Waals surface area contributed by atoms with E-state index in [1.54, 1.807) is 0 Å². The van der Waals surface area contributed by atoms with Gasteiger partial charge in [-0.1, -0.05) is 0 Å². The first kappa shape index (κ1) is 10.8. The maximum Gasteiger partial charge on any atom is 0.246 e. The minimum Gasteiger partial charge on any atom is -0.383 e. The second-order valence-corrected chi connectivity index (χ2v) is 4.02. The van der Waals surface area contributed by atoms with E-state index in [-0.39, 0.29) is 30.7 Å². The summed E-state index contributed by atoms with van der Waals surface area (Å²) in [7, 11) is 0. The van der Waals surface area contributed by atoms with Gasteiger partial charge in [0, 0.05) is 0 Å². The lowest BCUT2D eigenvalue weighted by Gasteiger charge is -2.27. The summed E-state index contributed by atoms with van der Waals surface area (Å²) in [4.78, 5) is 31.7. The number of amides is 2. The lowest BCUT2D eigenvalue weighted by atomic mass is 10.3. The predicted molar refractivity (Wildman–Crippen MR) is 59.5 cm³/mol. The van der Waals surface area contributed by atoms with Crippen molar-refractivity contribution >= 4 is 39.4 Å². The average Bonchev–Trinajstić information content (AvgIpc) is 2.20. The van der Waals surface area contributed by atoms with Gasteiger partial charge in [-0.25, -0.2) is 9.97 Å². The molecule has 1 aliphatic rings. The van der Waals surface area contributed by atoms with Crippen LogP contribution in [0, 0.1) is 0 Å². The van der Waals surface area contributed by atoms with E-state index in [1.807, 2.05) is 0 Å². The Labute approximate surface area is 99.2 Å². The Hall–Kier alpha value is -1.70. The molecule has 1 aromatic heterocycles. The maximum atomic E-state index is 11.2. The maximum absolute atomic E-state index is 11.2. The summed E-state index contributed by atoms with van der Waals surface area (Å²) in [6.07, 6.45) is 1.28. The van der Waals surface area contributed by atoms with E-state index in [9.17, 15) is 9.59 Å². The molecule has 0 unspecified atom stereocenters. The number of rotatable bonds is 1. The Morgan fingerprint density at radius 3 is 2.56 bits per heavy atom. The highest BCUT2D eigenvalue weighted by atomic mass is 79.9. The molecule has 7 nitrogen and oxygen atoms in total. The zero-order valence-corrected chi connectivity index (χ0v) is 9.69. The minimum absolute atomic E-state index is 0.0702. The number of hydrogen-bond acceptors (Lipinski definition) is 6. The van der Waals surface area contributed by atoms with Gasteiger partial charge in [0.05, 0.1) is 13.1 Å². The quantitative estimate of drug-likeness (QED) is 0.661. The number of aromatic nitrogens is 2. The van der Waals surface area contributed by atoms with Gasteiger partial charge in [-0.15, -0.1) is 0 Å². The number of nitrogen functional groups attached to an aromatic ring is 1. The fourth-order valence-electron chi connectivity index (χ4n) is 1.38. The first-order valence-electron chi connectivity index (χ1n) is 4.41. The van der Waals surface area contributed by atoms with Gasteiger partial charge in [0.15, 0.2) is 0 Å². The molecule has 2 heterocycles. The summed E-state index contributed by atoms with van der Waals surface area (Å²) in [5, 5.41) is 2.20. The number of hydrogen-bond donors (Lipinski definition) is 2. The number of nitrogens with one attached hydrogen (secondary N) is 1. The molecule has 1 aliphatic heterocycles. The van der Waals surface area contributed by atoms with Crippen molar-refractivity contribution in [3.05, 3.63) is 10.8 Å². The van der Waals surface area contributed by atoms with E-state index in [2.05, 4.69) is 31.2 Å². The molecule has 84 valence electrons. The molecule has 0 atom stereocenters. The molecule has 16 heavy (non-hydrogen) atoms. The number of anilines is 2. The van der Waals surface area contributed by atoms with Crippen molar-refractivity contribution in [3.8, 4) is 0 Å². The zero-order chi connectivity index (χ0) is 11.7. The van der Waals surface area contributed by atoms with Gasteiger partial charge < -0.3 is 10.6 Å². The van der Waals surface area contributed by atoms with Gasteiger partial charge in [-0.05, 0) is 15.9 Å². The van der Waals surface area contributed by atoms with Crippen molar-refractivity contribution in [3.63, 3.8) is 0 Å². The van der Waals surface area contributed by atoms with E-state index < -0.39 is 0 Å². The Bertz CT molecular complexity index is 448. The second-order valence-electron chi connectivity index (χ2n) is 3.22. The molecule has 1 aromatic rings. The van der Waals surface area contributed by atoms with Crippen molar-refractivity contribution in [1.82, 2.24) is 15.3 Å². The van der Waals surface area contributed by atoms with Gasteiger partial charge in [0.2, 0.25) is 11.8 Å². The van der Waals surface area contributed by atoms with E-state index in [0.29, 0.717) is 10.3 Å². The predicted octanol–water partition coefficient (Wildman–Crippen LogP) is -0.716. The summed E-state index contributed by atoms with van der Waals surface area (Å²) in [5.41, 5.74) is 5.59. The normalized spacial score (nSPS) is 16.2. The highest BCUT2D eigenvalue weighted by Crippen LogP contribution is 2.27. The minimum atomic E-state index is -0.361. The summed E-state index contributed by atoms with van der Waals surface area (Å²) in [5.74, 6) is -0.0141. The smallest absolute Gasteiger partial charge is 0.246 e. The first-order chi connectivity index (χ1) is 7.58. The number of piperazine rings is 1. The van der Waals surface area contributed by atoms with Crippen LogP contribution in [-0.2, 0) is 9.59 Å². The van der Waals surface area contributed by atoms with Crippen LogP contribution in [0.15, 0.2) is 10.8 Å². The fourth-order valence-corrected chi connectivity index (χ4v) is 1.84. The van der Waals surface area contributed by atoms with Gasteiger partial charge in [-0.3, -0.25) is 14.9 Å². The van der Waals surface area contributed by atoms with Gasteiger partial charge in [0.25, 0.3) is 0 Å². The molecule has 1 saturated heterocycles. The van der Waals surface area contributed by atoms with Gasteiger partial charge in [-0.2, -0.15) is 0 Å². The van der Waals surface area contributed by atoms with Crippen LogP contribution in [0.25, 0.3) is 0 Å². The highest BCUT2D eigenvalue weighted by Gasteiger charge is 2.25. The van der Waals surface area contributed by atoms with Gasteiger partial charge >= 0.3 is 0 Å².